The normalized spacial score (nSPS) is 50.5. The number of aliphatic hydroxyl groups is 14. The van der Waals surface area contributed by atoms with E-state index in [1.54, 1.807) is 20.8 Å². The van der Waals surface area contributed by atoms with Crippen LogP contribution in [0.4, 0.5) is 0 Å². The van der Waals surface area contributed by atoms with E-state index in [-0.39, 0.29) is 47.7 Å². The predicted molar refractivity (Wildman–Crippen MR) is 270 cm³/mol. The second-order valence-corrected chi connectivity index (χ2v) is 25.9. The van der Waals surface area contributed by atoms with E-state index in [4.69, 9.17) is 37.9 Å². The van der Waals surface area contributed by atoms with E-state index in [0.717, 1.165) is 18.4 Å². The van der Waals surface area contributed by atoms with Crippen LogP contribution in [-0.2, 0) is 42.7 Å². The van der Waals surface area contributed by atoms with Crippen LogP contribution >= 0.6 is 0 Å². The molecule has 0 amide bonds. The highest BCUT2D eigenvalue weighted by Gasteiger charge is 2.71. The van der Waals surface area contributed by atoms with Crippen LogP contribution in [0.1, 0.15) is 120 Å². The maximum Gasteiger partial charge on any atom is 0.187 e. The Morgan fingerprint density at radius 1 is 0.641 bits per heavy atom. The standard InChI is InChI=1S/C55H92O23/c1-10-27-35(59)39(63)45(69)49(72-27)78-46-42(66)38(62)30(22-71-47-43(67)40(64)36(60)28(20-56)73-47)75-50(46)77-34(52(5,6)70)15-11-23(2)24-17-18-53(7)31-14-12-25-26(55(31,9)32(58)19-54(24,53)8)13-16-33(51(25,3)4)76-48-44(68)41(65)37(61)29(21-57)74-48/h12,23-24,26-31,33-50,56-57,59-70H,10-11,13-22H2,1-9H3/t23-,24?,26?,27+,28-,29-,30-,31?,33+,34-,35+,36-,37-,38-,39-,40+,41+,42+,43-,44-,45+,46-,47+,48+,49-,50+,53+,54-,55+/m1/s1. The molecule has 0 radical (unpaired) electrons. The second kappa shape index (κ2) is 23.5. The Labute approximate surface area is 456 Å². The van der Waals surface area contributed by atoms with Gasteiger partial charge in [-0.15, -0.1) is 0 Å². The SMILES string of the molecule is CC[C@@H]1O[C@H](O[C@H]2[C@H](O[C@H](CC[C@@H](C)C3CC[C@@]4(C)C5CC=C6C(CC[C@H](O[C@@H]7O[C@H](CO)[C@@H](O)[C@H](O)[C@H]7O)C6(C)C)[C@]5(C)C(=O)C[C@]34C)C(C)(C)O)O[C@H](CO[C@H]3O[C@H](CO)[C@@H](O)[C@H](O)[C@H]3O)[C@@H](O)[C@@H]2O)[C@@H](O)[C@H](O)[C@H]1O. The van der Waals surface area contributed by atoms with Crippen LogP contribution in [0, 0.1) is 45.3 Å². The molecule has 29 atom stereocenters. The average Bonchev–Trinajstić information content (AvgIpc) is 2.92. The molecule has 23 nitrogen and oxygen atoms in total. The van der Waals surface area contributed by atoms with E-state index < -0.39 is 177 Å². The van der Waals surface area contributed by atoms with E-state index >= 15 is 4.79 Å². The molecule has 0 aromatic rings. The lowest BCUT2D eigenvalue weighted by Gasteiger charge is -2.65. The molecule has 8 rings (SSSR count). The van der Waals surface area contributed by atoms with E-state index in [1.165, 1.54) is 0 Å². The van der Waals surface area contributed by atoms with E-state index in [0.29, 0.717) is 32.1 Å². The smallest absolute Gasteiger partial charge is 0.187 e. The van der Waals surface area contributed by atoms with Crippen molar-refractivity contribution in [3.05, 3.63) is 11.6 Å². The van der Waals surface area contributed by atoms with Crippen molar-refractivity contribution < 1.29 is 114 Å². The van der Waals surface area contributed by atoms with E-state index in [9.17, 15) is 71.5 Å². The van der Waals surface area contributed by atoms with Crippen LogP contribution in [0.3, 0.4) is 0 Å². The minimum Gasteiger partial charge on any atom is -0.394 e. The molecule has 4 heterocycles. The molecule has 8 aliphatic rings. The summed E-state index contributed by atoms with van der Waals surface area (Å²) in [6.45, 7) is 15.8. The molecule has 3 unspecified atom stereocenters. The van der Waals surface area contributed by atoms with Gasteiger partial charge in [-0.3, -0.25) is 4.79 Å². The number of aliphatic hydroxyl groups excluding tert-OH is 13. The highest BCUT2D eigenvalue weighted by atomic mass is 16.8. The molecule has 0 spiro atoms. The first kappa shape index (κ1) is 62.6. The molecule has 4 aliphatic heterocycles. The number of ketones is 1. The predicted octanol–water partition coefficient (Wildman–Crippen LogP) is -1.61. The lowest BCUT2D eigenvalue weighted by molar-refractivity contribution is -0.379. The topological polar surface area (TPSA) is 374 Å². The number of hydrogen-bond acceptors (Lipinski definition) is 23. The van der Waals surface area contributed by atoms with Crippen molar-refractivity contribution in [1.29, 1.82) is 0 Å². The maximum atomic E-state index is 15.2. The second-order valence-electron chi connectivity index (χ2n) is 25.9. The van der Waals surface area contributed by atoms with E-state index in [1.807, 2.05) is 0 Å². The number of fused-ring (bicyclic) bond motifs is 5. The van der Waals surface area contributed by atoms with Gasteiger partial charge < -0.3 is 109 Å². The molecular weight excluding hydrogens is 1030 g/mol. The quantitative estimate of drug-likeness (QED) is 0.0729. The van der Waals surface area contributed by atoms with Gasteiger partial charge in [0.15, 0.2) is 25.2 Å². The molecule has 78 heavy (non-hydrogen) atoms. The largest absolute Gasteiger partial charge is 0.394 e. The zero-order valence-electron chi connectivity index (χ0n) is 46.5. The number of ether oxygens (including phenoxy) is 8. The van der Waals surface area contributed by atoms with Gasteiger partial charge in [0, 0.05) is 17.3 Å². The highest BCUT2D eigenvalue weighted by Crippen LogP contribution is 2.74. The first-order valence-corrected chi connectivity index (χ1v) is 28.3. The average molecular weight is 1120 g/mol. The molecule has 4 aliphatic carbocycles. The third kappa shape index (κ3) is 10.9. The minimum absolute atomic E-state index is 0.0109. The lowest BCUT2D eigenvalue weighted by atomic mass is 9.38. The van der Waals surface area contributed by atoms with Gasteiger partial charge in [0.2, 0.25) is 0 Å². The first-order chi connectivity index (χ1) is 36.4. The Hall–Kier alpha value is -1.47. The molecule has 450 valence electrons. The zero-order valence-corrected chi connectivity index (χ0v) is 46.5. The molecule has 4 saturated heterocycles. The summed E-state index contributed by atoms with van der Waals surface area (Å²) in [6, 6.07) is 0. The monoisotopic (exact) mass is 1120 g/mol. The van der Waals surface area contributed by atoms with Gasteiger partial charge in [-0.05, 0) is 99.7 Å². The van der Waals surface area contributed by atoms with Crippen molar-refractivity contribution in [1.82, 2.24) is 0 Å². The molecule has 23 heteroatoms. The molecule has 0 aromatic carbocycles. The number of carbonyl (C=O) groups is 1. The van der Waals surface area contributed by atoms with Crippen molar-refractivity contribution in [2.24, 2.45) is 45.3 Å². The highest BCUT2D eigenvalue weighted by molar-refractivity contribution is 5.88. The molecule has 0 aromatic heterocycles. The Bertz CT molecular complexity index is 2070. The maximum absolute atomic E-state index is 15.2. The molecular formula is C55H92O23. The van der Waals surface area contributed by atoms with Gasteiger partial charge in [-0.1, -0.05) is 60.1 Å². The summed E-state index contributed by atoms with van der Waals surface area (Å²) in [7, 11) is 0. The lowest BCUT2D eigenvalue weighted by Crippen LogP contribution is -2.65. The first-order valence-electron chi connectivity index (χ1n) is 28.3. The van der Waals surface area contributed by atoms with Gasteiger partial charge >= 0.3 is 0 Å². The van der Waals surface area contributed by atoms with Gasteiger partial charge in [0.25, 0.3) is 0 Å². The Kier molecular flexibility index (Phi) is 18.9. The number of carbonyl (C=O) groups excluding carboxylic acids is 1. The fraction of sp³-hybridized carbons (Fsp3) is 0.945. The fourth-order valence-corrected chi connectivity index (χ4v) is 15.5. The number of hydrogen-bond donors (Lipinski definition) is 14. The molecule has 3 saturated carbocycles. The van der Waals surface area contributed by atoms with Crippen molar-refractivity contribution in [3.63, 3.8) is 0 Å². The van der Waals surface area contributed by atoms with Crippen LogP contribution in [-0.4, -0.2) is 238 Å². The van der Waals surface area contributed by atoms with E-state index in [2.05, 4.69) is 47.6 Å². The van der Waals surface area contributed by atoms with Gasteiger partial charge in [0.1, 0.15) is 97.3 Å². The summed E-state index contributed by atoms with van der Waals surface area (Å²) < 4.78 is 48.2. The van der Waals surface area contributed by atoms with Crippen molar-refractivity contribution in [2.75, 3.05) is 19.8 Å². The summed E-state index contributed by atoms with van der Waals surface area (Å²) in [6.07, 6.45) is -25.7. The van der Waals surface area contributed by atoms with Crippen molar-refractivity contribution >= 4 is 5.78 Å². The molecule has 7 fully saturated rings. The van der Waals surface area contributed by atoms with Gasteiger partial charge in [0.05, 0.1) is 43.7 Å². The van der Waals surface area contributed by atoms with Crippen LogP contribution < -0.4 is 0 Å². The van der Waals surface area contributed by atoms with Crippen LogP contribution in [0.2, 0.25) is 0 Å². The number of Topliss-reactive ketones (excluding diaryl/α,β-unsaturated/α-hetero) is 1. The Morgan fingerprint density at radius 3 is 1.74 bits per heavy atom. The summed E-state index contributed by atoms with van der Waals surface area (Å²) >= 11 is 0. The van der Waals surface area contributed by atoms with Crippen LogP contribution in [0.15, 0.2) is 11.6 Å². The van der Waals surface area contributed by atoms with Gasteiger partial charge in [-0.25, -0.2) is 0 Å². The van der Waals surface area contributed by atoms with Crippen molar-refractivity contribution in [3.8, 4) is 0 Å². The molecule has 0 bridgehead atoms. The summed E-state index contributed by atoms with van der Waals surface area (Å²) in [5, 5.41) is 150. The number of allylic oxidation sites excluding steroid dienone is 1. The van der Waals surface area contributed by atoms with Crippen molar-refractivity contribution in [2.45, 2.75) is 261 Å². The Balaban J connectivity index is 0.988. The third-order valence-electron chi connectivity index (χ3n) is 20.7. The van der Waals surface area contributed by atoms with Crippen LogP contribution in [0.25, 0.3) is 0 Å². The Morgan fingerprint density at radius 2 is 1.17 bits per heavy atom. The molecule has 14 N–H and O–H groups in total. The van der Waals surface area contributed by atoms with Gasteiger partial charge in [-0.2, -0.15) is 0 Å². The fourth-order valence-electron chi connectivity index (χ4n) is 15.5. The third-order valence-corrected chi connectivity index (χ3v) is 20.7. The minimum atomic E-state index is -1.88. The van der Waals surface area contributed by atoms with Crippen LogP contribution in [0.5, 0.6) is 0 Å². The number of rotatable bonds is 17. The zero-order chi connectivity index (χ0) is 57.5. The summed E-state index contributed by atoms with van der Waals surface area (Å²) in [5.74, 6) is 0.194. The summed E-state index contributed by atoms with van der Waals surface area (Å²) in [4.78, 5) is 15.2. The summed E-state index contributed by atoms with van der Waals surface area (Å²) in [5.41, 5.74) is -2.44.